The average molecular weight is 187 g/mol. The van der Waals surface area contributed by atoms with E-state index in [-0.39, 0.29) is 0 Å². The number of hydrogen-bond acceptors (Lipinski definition) is 0. The summed E-state index contributed by atoms with van der Waals surface area (Å²) in [5.74, 6) is 0. The Morgan fingerprint density at radius 1 is 1.36 bits per heavy atom. The van der Waals surface area contributed by atoms with E-state index in [4.69, 9.17) is 23.2 Å². The average Bonchev–Trinajstić information content (AvgIpc) is 2.04. The number of allylic oxidation sites excluding steroid dienone is 1. The van der Waals surface area contributed by atoms with E-state index in [0.29, 0.717) is 0 Å². The summed E-state index contributed by atoms with van der Waals surface area (Å²) in [6.45, 7) is 1.92. The quantitative estimate of drug-likeness (QED) is 0.624. The van der Waals surface area contributed by atoms with Gasteiger partial charge in [-0.25, -0.2) is 0 Å². The molecule has 0 N–H and O–H groups in total. The van der Waals surface area contributed by atoms with Gasteiger partial charge in [-0.15, -0.1) is 0 Å². The van der Waals surface area contributed by atoms with Gasteiger partial charge in [0.2, 0.25) is 0 Å². The lowest BCUT2D eigenvalue weighted by atomic mass is 10.1. The van der Waals surface area contributed by atoms with Gasteiger partial charge < -0.3 is 0 Å². The minimum atomic E-state index is 0.738. The van der Waals surface area contributed by atoms with E-state index < -0.39 is 0 Å². The van der Waals surface area contributed by atoms with Crippen LogP contribution in [-0.2, 0) is 0 Å². The van der Waals surface area contributed by atoms with Gasteiger partial charge in [-0.05, 0) is 24.1 Å². The molecular formula is C9H8Cl2. The van der Waals surface area contributed by atoms with Crippen LogP contribution in [0.4, 0.5) is 0 Å². The van der Waals surface area contributed by atoms with Crippen molar-refractivity contribution in [3.05, 3.63) is 40.4 Å². The zero-order valence-corrected chi connectivity index (χ0v) is 7.65. The van der Waals surface area contributed by atoms with Crippen molar-refractivity contribution in [3.8, 4) is 0 Å². The maximum atomic E-state index is 5.90. The lowest BCUT2D eigenvalue weighted by molar-refractivity contribution is 1.58. The normalized spacial score (nSPS) is 11.7. The third-order valence-corrected chi connectivity index (χ3v) is 2.12. The molecule has 0 aliphatic carbocycles. The molecule has 11 heavy (non-hydrogen) atoms. The van der Waals surface area contributed by atoms with Crippen LogP contribution >= 0.6 is 23.2 Å². The van der Waals surface area contributed by atoms with E-state index in [2.05, 4.69) is 0 Å². The summed E-state index contributed by atoms with van der Waals surface area (Å²) in [6, 6.07) is 7.62. The highest BCUT2D eigenvalue weighted by atomic mass is 35.5. The van der Waals surface area contributed by atoms with Gasteiger partial charge >= 0.3 is 0 Å². The molecular weight excluding hydrogens is 179 g/mol. The Hall–Kier alpha value is -0.460. The monoisotopic (exact) mass is 186 g/mol. The Kier molecular flexibility index (Phi) is 2.98. The molecule has 0 nitrogen and oxygen atoms in total. The number of benzene rings is 1. The van der Waals surface area contributed by atoms with Crippen LogP contribution in [0.1, 0.15) is 12.5 Å². The SMILES string of the molecule is CC(=CCl)c1ccccc1Cl. The molecule has 0 aromatic heterocycles. The molecule has 1 rings (SSSR count). The molecule has 0 fully saturated rings. The Balaban J connectivity index is 3.14. The molecule has 1 aromatic carbocycles. The second-order valence-electron chi connectivity index (χ2n) is 2.27. The minimum absolute atomic E-state index is 0.738. The fourth-order valence-electron chi connectivity index (χ4n) is 0.840. The molecule has 0 radical (unpaired) electrons. The fourth-order valence-corrected chi connectivity index (χ4v) is 1.24. The van der Waals surface area contributed by atoms with Crippen LogP contribution in [-0.4, -0.2) is 0 Å². The highest BCUT2D eigenvalue weighted by Crippen LogP contribution is 2.23. The zero-order chi connectivity index (χ0) is 8.27. The van der Waals surface area contributed by atoms with Crippen LogP contribution in [0, 0.1) is 0 Å². The highest BCUT2D eigenvalue weighted by Gasteiger charge is 1.98. The smallest absolute Gasteiger partial charge is 0.0481 e. The molecule has 0 aliphatic rings. The third-order valence-electron chi connectivity index (χ3n) is 1.46. The Labute approximate surface area is 76.4 Å². The summed E-state index contributed by atoms with van der Waals surface area (Å²) < 4.78 is 0. The summed E-state index contributed by atoms with van der Waals surface area (Å²) in [7, 11) is 0. The molecule has 0 amide bonds. The van der Waals surface area contributed by atoms with Crippen molar-refractivity contribution in [1.82, 2.24) is 0 Å². The largest absolute Gasteiger partial charge is 0.0926 e. The molecule has 0 spiro atoms. The van der Waals surface area contributed by atoms with Gasteiger partial charge in [0.1, 0.15) is 0 Å². The lowest BCUT2D eigenvalue weighted by Crippen LogP contribution is -1.78. The first-order valence-corrected chi connectivity index (χ1v) is 4.09. The van der Waals surface area contributed by atoms with Crippen LogP contribution in [0.25, 0.3) is 5.57 Å². The Bertz CT molecular complexity index is 277. The molecule has 0 saturated heterocycles. The lowest BCUT2D eigenvalue weighted by Gasteiger charge is -2.01. The third kappa shape index (κ3) is 1.98. The van der Waals surface area contributed by atoms with E-state index >= 15 is 0 Å². The number of rotatable bonds is 1. The second-order valence-corrected chi connectivity index (χ2v) is 2.90. The first-order chi connectivity index (χ1) is 5.25. The van der Waals surface area contributed by atoms with E-state index in [0.717, 1.165) is 16.2 Å². The summed E-state index contributed by atoms with van der Waals surface area (Å²) in [5, 5.41) is 0.738. The van der Waals surface area contributed by atoms with E-state index in [9.17, 15) is 0 Å². The van der Waals surface area contributed by atoms with Crippen LogP contribution in [0.5, 0.6) is 0 Å². The summed E-state index contributed by atoms with van der Waals surface area (Å²) >= 11 is 11.4. The maximum Gasteiger partial charge on any atom is 0.0481 e. The van der Waals surface area contributed by atoms with Gasteiger partial charge in [0, 0.05) is 10.6 Å². The van der Waals surface area contributed by atoms with Crippen LogP contribution in [0.3, 0.4) is 0 Å². The maximum absolute atomic E-state index is 5.90. The minimum Gasteiger partial charge on any atom is -0.0926 e. The predicted octanol–water partition coefficient (Wildman–Crippen LogP) is 3.94. The van der Waals surface area contributed by atoms with Crippen molar-refractivity contribution < 1.29 is 0 Å². The predicted molar refractivity (Wildman–Crippen MR) is 51.0 cm³/mol. The van der Waals surface area contributed by atoms with Crippen molar-refractivity contribution in [2.75, 3.05) is 0 Å². The van der Waals surface area contributed by atoms with Gasteiger partial charge in [0.05, 0.1) is 0 Å². The van der Waals surface area contributed by atoms with Gasteiger partial charge in [-0.2, -0.15) is 0 Å². The van der Waals surface area contributed by atoms with Gasteiger partial charge in [0.25, 0.3) is 0 Å². The topological polar surface area (TPSA) is 0 Å². The van der Waals surface area contributed by atoms with E-state index in [1.54, 1.807) is 0 Å². The highest BCUT2D eigenvalue weighted by molar-refractivity contribution is 6.33. The van der Waals surface area contributed by atoms with E-state index in [1.165, 1.54) is 5.54 Å². The Morgan fingerprint density at radius 3 is 2.55 bits per heavy atom. The molecule has 0 unspecified atom stereocenters. The van der Waals surface area contributed by atoms with Gasteiger partial charge in [-0.3, -0.25) is 0 Å². The molecule has 0 heterocycles. The molecule has 58 valence electrons. The summed E-state index contributed by atoms with van der Waals surface area (Å²) in [4.78, 5) is 0. The van der Waals surface area contributed by atoms with Crippen molar-refractivity contribution in [3.63, 3.8) is 0 Å². The first kappa shape index (κ1) is 8.63. The Morgan fingerprint density at radius 2 is 2.00 bits per heavy atom. The second kappa shape index (κ2) is 3.80. The molecule has 0 aliphatic heterocycles. The molecule has 0 saturated carbocycles. The fraction of sp³-hybridized carbons (Fsp3) is 0.111. The van der Waals surface area contributed by atoms with Gasteiger partial charge in [0.15, 0.2) is 0 Å². The van der Waals surface area contributed by atoms with Crippen molar-refractivity contribution in [2.24, 2.45) is 0 Å². The number of hydrogen-bond donors (Lipinski definition) is 0. The van der Waals surface area contributed by atoms with Gasteiger partial charge in [-0.1, -0.05) is 41.4 Å². The molecule has 1 aromatic rings. The molecule has 0 atom stereocenters. The van der Waals surface area contributed by atoms with Crippen LogP contribution in [0.15, 0.2) is 29.8 Å². The van der Waals surface area contributed by atoms with Crippen LogP contribution in [0.2, 0.25) is 5.02 Å². The van der Waals surface area contributed by atoms with Crippen molar-refractivity contribution in [1.29, 1.82) is 0 Å². The number of halogens is 2. The van der Waals surface area contributed by atoms with Crippen molar-refractivity contribution >= 4 is 28.8 Å². The van der Waals surface area contributed by atoms with Crippen molar-refractivity contribution in [2.45, 2.75) is 6.92 Å². The summed E-state index contributed by atoms with van der Waals surface area (Å²) in [5.41, 5.74) is 3.50. The zero-order valence-electron chi connectivity index (χ0n) is 6.14. The summed E-state index contributed by atoms with van der Waals surface area (Å²) in [6.07, 6.45) is 0. The first-order valence-electron chi connectivity index (χ1n) is 3.27. The van der Waals surface area contributed by atoms with Crippen LogP contribution < -0.4 is 0 Å². The molecule has 2 heteroatoms. The van der Waals surface area contributed by atoms with E-state index in [1.807, 2.05) is 31.2 Å². The molecule has 0 bridgehead atoms. The standard InChI is InChI=1S/C9H8Cl2/c1-7(6-10)8-4-2-3-5-9(8)11/h2-6H,1H3.